The maximum Gasteiger partial charge on any atom is 0.335 e. The fourth-order valence-corrected chi connectivity index (χ4v) is 2.58. The Labute approximate surface area is 147 Å². The first-order valence-corrected chi connectivity index (χ1v) is 7.99. The number of aryl methyl sites for hydroxylation is 1. The predicted molar refractivity (Wildman–Crippen MR) is 94.3 cm³/mol. The second-order valence-corrected chi connectivity index (χ2v) is 6.26. The zero-order valence-corrected chi connectivity index (χ0v) is 14.3. The second-order valence-electron chi connectivity index (χ2n) is 5.34. The molecule has 2 aromatic carbocycles. The fourth-order valence-electron chi connectivity index (χ4n) is 2.31. The Balaban J connectivity index is 1.99. The van der Waals surface area contributed by atoms with Gasteiger partial charge in [0.25, 0.3) is 11.8 Å². The average Bonchev–Trinajstić information content (AvgIpc) is 2.55. The number of barbiturate groups is 1. The summed E-state index contributed by atoms with van der Waals surface area (Å²) in [4.78, 5) is 37.8. The van der Waals surface area contributed by atoms with E-state index < -0.39 is 17.8 Å². The number of carbonyl (C=O) groups excluding carboxylic acids is 3. The van der Waals surface area contributed by atoms with Gasteiger partial charge in [0.1, 0.15) is 5.57 Å². The molecular formula is C18H13BrN2O3. The number of carbonyl (C=O) groups is 3. The summed E-state index contributed by atoms with van der Waals surface area (Å²) in [6.45, 7) is 1.91. The summed E-state index contributed by atoms with van der Waals surface area (Å²) in [5, 5.41) is 2.20. The van der Waals surface area contributed by atoms with E-state index in [1.54, 1.807) is 48.5 Å². The van der Waals surface area contributed by atoms with Gasteiger partial charge in [0, 0.05) is 4.47 Å². The van der Waals surface area contributed by atoms with Crippen LogP contribution in [0.1, 0.15) is 11.1 Å². The number of urea groups is 1. The van der Waals surface area contributed by atoms with Crippen LogP contribution in [0.3, 0.4) is 0 Å². The first-order chi connectivity index (χ1) is 11.5. The molecule has 0 atom stereocenters. The molecule has 0 radical (unpaired) electrons. The summed E-state index contributed by atoms with van der Waals surface area (Å²) in [6.07, 6.45) is 1.47. The van der Waals surface area contributed by atoms with Crippen LogP contribution < -0.4 is 10.2 Å². The Morgan fingerprint density at radius 1 is 0.958 bits per heavy atom. The highest BCUT2D eigenvalue weighted by Gasteiger charge is 2.36. The van der Waals surface area contributed by atoms with Crippen molar-refractivity contribution >= 4 is 45.5 Å². The van der Waals surface area contributed by atoms with Gasteiger partial charge in [-0.15, -0.1) is 0 Å². The van der Waals surface area contributed by atoms with Gasteiger partial charge >= 0.3 is 6.03 Å². The smallest absolute Gasteiger partial charge is 0.273 e. The number of amides is 4. The van der Waals surface area contributed by atoms with E-state index in [2.05, 4.69) is 21.2 Å². The third kappa shape index (κ3) is 3.14. The van der Waals surface area contributed by atoms with Crippen molar-refractivity contribution in [3.8, 4) is 0 Å². The molecular weight excluding hydrogens is 372 g/mol. The van der Waals surface area contributed by atoms with E-state index in [1.807, 2.05) is 6.92 Å². The summed E-state index contributed by atoms with van der Waals surface area (Å²) in [5.74, 6) is -1.34. The van der Waals surface area contributed by atoms with Crippen LogP contribution in [0.5, 0.6) is 0 Å². The largest absolute Gasteiger partial charge is 0.335 e. The number of rotatable bonds is 2. The van der Waals surface area contributed by atoms with Crippen LogP contribution in [0.2, 0.25) is 0 Å². The van der Waals surface area contributed by atoms with E-state index in [-0.39, 0.29) is 5.57 Å². The van der Waals surface area contributed by atoms with Crippen LogP contribution in [0.25, 0.3) is 6.08 Å². The highest BCUT2D eigenvalue weighted by molar-refractivity contribution is 9.10. The summed E-state index contributed by atoms with van der Waals surface area (Å²) in [5.41, 5.74) is 2.02. The summed E-state index contributed by atoms with van der Waals surface area (Å²) < 4.78 is 0.889. The number of hydrogen-bond donors (Lipinski definition) is 1. The van der Waals surface area contributed by atoms with Gasteiger partial charge in [0.2, 0.25) is 0 Å². The monoisotopic (exact) mass is 384 g/mol. The molecule has 1 saturated heterocycles. The third-order valence-electron chi connectivity index (χ3n) is 3.57. The number of nitrogens with zero attached hydrogens (tertiary/aromatic N) is 1. The normalized spacial score (nSPS) is 16.5. The Hall–Kier alpha value is -2.73. The maximum atomic E-state index is 12.7. The number of hydrogen-bond acceptors (Lipinski definition) is 3. The summed E-state index contributed by atoms with van der Waals surface area (Å²) >= 11 is 3.33. The molecule has 120 valence electrons. The van der Waals surface area contributed by atoms with Gasteiger partial charge in [-0.3, -0.25) is 14.9 Å². The zero-order chi connectivity index (χ0) is 17.3. The molecule has 1 aliphatic rings. The van der Waals surface area contributed by atoms with Gasteiger partial charge < -0.3 is 0 Å². The predicted octanol–water partition coefficient (Wildman–Crippen LogP) is 3.42. The summed E-state index contributed by atoms with van der Waals surface area (Å²) in [7, 11) is 0. The number of benzene rings is 2. The van der Waals surface area contributed by atoms with Crippen LogP contribution in [0, 0.1) is 6.92 Å². The molecule has 1 fully saturated rings. The highest BCUT2D eigenvalue weighted by Crippen LogP contribution is 2.22. The number of halogens is 1. The molecule has 2 aromatic rings. The molecule has 1 aliphatic heterocycles. The molecule has 0 aromatic heterocycles. The quantitative estimate of drug-likeness (QED) is 0.637. The minimum absolute atomic E-state index is 0.0857. The minimum Gasteiger partial charge on any atom is -0.273 e. The molecule has 0 aliphatic carbocycles. The van der Waals surface area contributed by atoms with Crippen molar-refractivity contribution in [1.29, 1.82) is 0 Å². The van der Waals surface area contributed by atoms with Gasteiger partial charge in [0.15, 0.2) is 0 Å². The van der Waals surface area contributed by atoms with Crippen molar-refractivity contribution < 1.29 is 14.4 Å². The van der Waals surface area contributed by atoms with Crippen molar-refractivity contribution in [2.75, 3.05) is 4.90 Å². The lowest BCUT2D eigenvalue weighted by molar-refractivity contribution is -0.122. The third-order valence-corrected chi connectivity index (χ3v) is 4.10. The fraction of sp³-hybridized carbons (Fsp3) is 0.0556. The lowest BCUT2D eigenvalue weighted by Crippen LogP contribution is -2.54. The average molecular weight is 385 g/mol. The van der Waals surface area contributed by atoms with Gasteiger partial charge in [-0.05, 0) is 42.8 Å². The van der Waals surface area contributed by atoms with Crippen molar-refractivity contribution in [1.82, 2.24) is 5.32 Å². The lowest BCUT2D eigenvalue weighted by Gasteiger charge is -2.26. The Kier molecular flexibility index (Phi) is 4.31. The Bertz CT molecular complexity index is 855. The van der Waals surface area contributed by atoms with Crippen molar-refractivity contribution in [3.05, 3.63) is 69.7 Å². The molecule has 1 heterocycles. The molecule has 0 saturated carbocycles. The molecule has 3 rings (SSSR count). The SMILES string of the molecule is Cc1ccc(N2C(=O)NC(=O)/C(=C\c3ccc(Br)cc3)C2=O)cc1. The molecule has 6 heteroatoms. The van der Waals surface area contributed by atoms with Crippen LogP contribution >= 0.6 is 15.9 Å². The molecule has 1 N–H and O–H groups in total. The standard InChI is InChI=1S/C18H13BrN2O3/c1-11-2-8-14(9-3-11)21-17(23)15(16(22)20-18(21)24)10-12-4-6-13(19)7-5-12/h2-10H,1H3,(H,20,22,24)/b15-10+. The summed E-state index contributed by atoms with van der Waals surface area (Å²) in [6, 6.07) is 13.3. The Morgan fingerprint density at radius 2 is 1.58 bits per heavy atom. The lowest BCUT2D eigenvalue weighted by atomic mass is 10.1. The first-order valence-electron chi connectivity index (χ1n) is 7.19. The van der Waals surface area contributed by atoms with Crippen LogP contribution in [0.15, 0.2) is 58.6 Å². The van der Waals surface area contributed by atoms with Gasteiger partial charge in [0.05, 0.1) is 5.69 Å². The molecule has 5 nitrogen and oxygen atoms in total. The van der Waals surface area contributed by atoms with Gasteiger partial charge in [-0.25, -0.2) is 9.69 Å². The van der Waals surface area contributed by atoms with E-state index in [1.165, 1.54) is 6.08 Å². The first kappa shape index (κ1) is 16.1. The maximum absolute atomic E-state index is 12.7. The minimum atomic E-state index is -0.748. The zero-order valence-electron chi connectivity index (χ0n) is 12.7. The van der Waals surface area contributed by atoms with Crippen molar-refractivity contribution in [2.45, 2.75) is 6.92 Å². The molecule has 0 spiro atoms. The van der Waals surface area contributed by atoms with Crippen molar-refractivity contribution in [2.24, 2.45) is 0 Å². The van der Waals surface area contributed by atoms with Gasteiger partial charge in [-0.2, -0.15) is 0 Å². The Morgan fingerprint density at radius 3 is 2.21 bits per heavy atom. The van der Waals surface area contributed by atoms with Gasteiger partial charge in [-0.1, -0.05) is 45.8 Å². The van der Waals surface area contributed by atoms with Crippen molar-refractivity contribution in [3.63, 3.8) is 0 Å². The molecule has 0 unspecified atom stereocenters. The molecule has 24 heavy (non-hydrogen) atoms. The van der Waals surface area contributed by atoms with Crippen LogP contribution in [0.4, 0.5) is 10.5 Å². The number of imide groups is 2. The van der Waals surface area contributed by atoms with Crippen LogP contribution in [-0.4, -0.2) is 17.8 Å². The number of nitrogens with one attached hydrogen (secondary N) is 1. The molecule has 0 bridgehead atoms. The topological polar surface area (TPSA) is 66.5 Å². The van der Waals surface area contributed by atoms with E-state index >= 15 is 0 Å². The highest BCUT2D eigenvalue weighted by atomic mass is 79.9. The van der Waals surface area contributed by atoms with E-state index in [0.29, 0.717) is 11.3 Å². The van der Waals surface area contributed by atoms with E-state index in [4.69, 9.17) is 0 Å². The molecule has 4 amide bonds. The second kappa shape index (κ2) is 6.41. The van der Waals surface area contributed by atoms with Crippen LogP contribution in [-0.2, 0) is 9.59 Å². The van der Waals surface area contributed by atoms with E-state index in [0.717, 1.165) is 14.9 Å². The number of anilines is 1. The van der Waals surface area contributed by atoms with E-state index in [9.17, 15) is 14.4 Å².